The van der Waals surface area contributed by atoms with E-state index in [4.69, 9.17) is 30.5 Å². The summed E-state index contributed by atoms with van der Waals surface area (Å²) in [5.74, 6) is 1.71. The number of carbonyl (C=O) groups excluding carboxylic acids is 1. The fraction of sp³-hybridized carbons (Fsp3) is 0.316. The Morgan fingerprint density at radius 2 is 1.81 bits per heavy atom. The molecule has 0 aromatic heterocycles. The molecule has 1 amide bonds. The molecule has 3 rings (SSSR count). The Hall–Kier alpha value is -2.60. The maximum atomic E-state index is 12.7. The summed E-state index contributed by atoms with van der Waals surface area (Å²) in [6, 6.07) is 8.80. The van der Waals surface area contributed by atoms with Crippen LogP contribution in [0.2, 0.25) is 5.02 Å². The SMILES string of the molecule is COc1cc(NC(=O)[C@H]2COc3ccc(Cl)cc3C2)cc(OC)c1OC. The molecule has 0 radical (unpaired) electrons. The Kier molecular flexibility index (Phi) is 5.42. The van der Waals surface area contributed by atoms with Crippen molar-refractivity contribution in [1.29, 1.82) is 0 Å². The number of anilines is 1. The molecule has 0 aliphatic carbocycles. The number of ether oxygens (including phenoxy) is 4. The number of rotatable bonds is 5. The van der Waals surface area contributed by atoms with Crippen molar-refractivity contribution in [2.24, 2.45) is 5.92 Å². The van der Waals surface area contributed by atoms with Crippen LogP contribution in [0.4, 0.5) is 5.69 Å². The third kappa shape index (κ3) is 3.65. The number of fused-ring (bicyclic) bond motifs is 1. The van der Waals surface area contributed by atoms with Gasteiger partial charge in [-0.05, 0) is 30.2 Å². The van der Waals surface area contributed by atoms with Crippen molar-refractivity contribution in [2.45, 2.75) is 6.42 Å². The second-order valence-electron chi connectivity index (χ2n) is 5.87. The van der Waals surface area contributed by atoms with Crippen LogP contribution in [0.25, 0.3) is 0 Å². The predicted octanol–water partition coefficient (Wildman–Crippen LogP) is 3.56. The van der Waals surface area contributed by atoms with E-state index in [1.807, 2.05) is 12.1 Å². The first-order chi connectivity index (χ1) is 12.5. The summed E-state index contributed by atoms with van der Waals surface area (Å²) in [5, 5.41) is 3.51. The number of methoxy groups -OCH3 is 3. The molecule has 1 heterocycles. The van der Waals surface area contributed by atoms with Gasteiger partial charge in [-0.25, -0.2) is 0 Å². The van der Waals surface area contributed by atoms with Crippen LogP contribution in [-0.4, -0.2) is 33.8 Å². The lowest BCUT2D eigenvalue weighted by Gasteiger charge is -2.25. The second-order valence-corrected chi connectivity index (χ2v) is 6.30. The summed E-state index contributed by atoms with van der Waals surface area (Å²) in [6.07, 6.45) is 0.562. The molecule has 0 unspecified atom stereocenters. The molecule has 6 nitrogen and oxygen atoms in total. The summed E-state index contributed by atoms with van der Waals surface area (Å²) in [5.41, 5.74) is 1.48. The Morgan fingerprint density at radius 1 is 1.12 bits per heavy atom. The molecule has 26 heavy (non-hydrogen) atoms. The lowest BCUT2D eigenvalue weighted by atomic mass is 9.96. The molecule has 0 fully saturated rings. The highest BCUT2D eigenvalue weighted by Gasteiger charge is 2.27. The van der Waals surface area contributed by atoms with Crippen LogP contribution in [-0.2, 0) is 11.2 Å². The van der Waals surface area contributed by atoms with Crippen molar-refractivity contribution in [3.63, 3.8) is 0 Å². The first-order valence-electron chi connectivity index (χ1n) is 8.07. The first-order valence-corrected chi connectivity index (χ1v) is 8.45. The molecule has 1 aliphatic rings. The molecule has 1 atom stereocenters. The van der Waals surface area contributed by atoms with Gasteiger partial charge in [-0.3, -0.25) is 4.79 Å². The van der Waals surface area contributed by atoms with Crippen LogP contribution in [0, 0.1) is 5.92 Å². The highest BCUT2D eigenvalue weighted by molar-refractivity contribution is 6.30. The topological polar surface area (TPSA) is 66.0 Å². The lowest BCUT2D eigenvalue weighted by molar-refractivity contribution is -0.121. The van der Waals surface area contributed by atoms with Crippen LogP contribution in [0.3, 0.4) is 0 Å². The molecule has 0 spiro atoms. The van der Waals surface area contributed by atoms with Crippen molar-refractivity contribution in [1.82, 2.24) is 0 Å². The van der Waals surface area contributed by atoms with Gasteiger partial charge < -0.3 is 24.3 Å². The molecule has 138 valence electrons. The van der Waals surface area contributed by atoms with E-state index in [9.17, 15) is 4.79 Å². The average molecular weight is 378 g/mol. The minimum Gasteiger partial charge on any atom is -0.493 e. The molecule has 1 aliphatic heterocycles. The van der Waals surface area contributed by atoms with Gasteiger partial charge >= 0.3 is 0 Å². The summed E-state index contributed by atoms with van der Waals surface area (Å²) >= 11 is 6.03. The fourth-order valence-electron chi connectivity index (χ4n) is 2.93. The van der Waals surface area contributed by atoms with E-state index in [2.05, 4.69) is 5.32 Å². The zero-order chi connectivity index (χ0) is 18.7. The van der Waals surface area contributed by atoms with E-state index < -0.39 is 0 Å². The van der Waals surface area contributed by atoms with Gasteiger partial charge in [0, 0.05) is 22.8 Å². The monoisotopic (exact) mass is 377 g/mol. The zero-order valence-corrected chi connectivity index (χ0v) is 15.6. The van der Waals surface area contributed by atoms with Crippen LogP contribution >= 0.6 is 11.6 Å². The molecule has 1 N–H and O–H groups in total. The van der Waals surface area contributed by atoms with Gasteiger partial charge in [0.15, 0.2) is 11.5 Å². The van der Waals surface area contributed by atoms with Crippen LogP contribution in [0.15, 0.2) is 30.3 Å². The Labute approximate surface area is 157 Å². The molecule has 0 saturated heterocycles. The van der Waals surface area contributed by atoms with E-state index >= 15 is 0 Å². The quantitative estimate of drug-likeness (QED) is 0.863. The minimum absolute atomic E-state index is 0.148. The summed E-state index contributed by atoms with van der Waals surface area (Å²) in [6.45, 7) is 0.310. The molecular weight excluding hydrogens is 358 g/mol. The molecule has 0 bridgehead atoms. The van der Waals surface area contributed by atoms with Gasteiger partial charge in [-0.15, -0.1) is 0 Å². The number of amides is 1. The largest absolute Gasteiger partial charge is 0.493 e. The molecule has 7 heteroatoms. The van der Waals surface area contributed by atoms with Gasteiger partial charge in [0.05, 0.1) is 27.2 Å². The van der Waals surface area contributed by atoms with Gasteiger partial charge in [0.2, 0.25) is 11.7 Å². The molecule has 2 aromatic rings. The maximum absolute atomic E-state index is 12.7. The Balaban J connectivity index is 1.78. The number of hydrogen-bond donors (Lipinski definition) is 1. The van der Waals surface area contributed by atoms with Gasteiger partial charge in [-0.2, -0.15) is 0 Å². The van der Waals surface area contributed by atoms with Crippen LogP contribution in [0.5, 0.6) is 23.0 Å². The van der Waals surface area contributed by atoms with E-state index in [1.54, 1.807) is 18.2 Å². The van der Waals surface area contributed by atoms with Gasteiger partial charge in [0.25, 0.3) is 0 Å². The van der Waals surface area contributed by atoms with Crippen LogP contribution < -0.4 is 24.3 Å². The van der Waals surface area contributed by atoms with Crippen LogP contribution in [0.1, 0.15) is 5.56 Å². The van der Waals surface area contributed by atoms with Crippen molar-refractivity contribution in [2.75, 3.05) is 33.3 Å². The fourth-order valence-corrected chi connectivity index (χ4v) is 3.12. The number of nitrogens with one attached hydrogen (secondary N) is 1. The molecule has 2 aromatic carbocycles. The van der Waals surface area contributed by atoms with E-state index in [0.29, 0.717) is 41.0 Å². The van der Waals surface area contributed by atoms with Crippen molar-refractivity contribution in [3.05, 3.63) is 40.9 Å². The first kappa shape index (κ1) is 18.2. The normalized spacial score (nSPS) is 15.5. The lowest BCUT2D eigenvalue weighted by Crippen LogP contribution is -2.32. The zero-order valence-electron chi connectivity index (χ0n) is 14.8. The van der Waals surface area contributed by atoms with E-state index in [1.165, 1.54) is 21.3 Å². The minimum atomic E-state index is -0.319. The summed E-state index contributed by atoms with van der Waals surface area (Å²) in [7, 11) is 4.58. The Bertz CT molecular complexity index is 799. The Morgan fingerprint density at radius 3 is 2.42 bits per heavy atom. The smallest absolute Gasteiger partial charge is 0.231 e. The number of hydrogen-bond acceptors (Lipinski definition) is 5. The predicted molar refractivity (Wildman–Crippen MR) is 98.9 cm³/mol. The third-order valence-electron chi connectivity index (χ3n) is 4.23. The maximum Gasteiger partial charge on any atom is 0.231 e. The highest BCUT2D eigenvalue weighted by Crippen LogP contribution is 2.40. The van der Waals surface area contributed by atoms with Gasteiger partial charge in [-0.1, -0.05) is 11.6 Å². The molecule has 0 saturated carbocycles. The van der Waals surface area contributed by atoms with Gasteiger partial charge in [0.1, 0.15) is 12.4 Å². The highest BCUT2D eigenvalue weighted by atomic mass is 35.5. The standard InChI is InChI=1S/C19H20ClNO5/c1-23-16-8-14(9-17(24-2)18(16)25-3)21-19(22)12-6-11-7-13(20)4-5-15(11)26-10-12/h4-5,7-9,12H,6,10H2,1-3H3,(H,21,22)/t12-/m1/s1. The van der Waals surface area contributed by atoms with Crippen molar-refractivity contribution >= 4 is 23.2 Å². The molecular formula is C19H20ClNO5. The number of carbonyl (C=O) groups is 1. The van der Waals surface area contributed by atoms with Crippen molar-refractivity contribution < 1.29 is 23.7 Å². The number of halogens is 1. The third-order valence-corrected chi connectivity index (χ3v) is 4.47. The summed E-state index contributed by atoms with van der Waals surface area (Å²) < 4.78 is 21.6. The second kappa shape index (κ2) is 7.74. The summed E-state index contributed by atoms with van der Waals surface area (Å²) in [4.78, 5) is 12.7. The number of benzene rings is 2. The van der Waals surface area contributed by atoms with E-state index in [-0.39, 0.29) is 11.8 Å². The average Bonchev–Trinajstić information content (AvgIpc) is 2.66. The van der Waals surface area contributed by atoms with E-state index in [0.717, 1.165) is 11.3 Å². The van der Waals surface area contributed by atoms with Crippen molar-refractivity contribution in [3.8, 4) is 23.0 Å².